The van der Waals surface area contributed by atoms with Crippen molar-refractivity contribution in [1.29, 1.82) is 0 Å². The van der Waals surface area contributed by atoms with Crippen molar-refractivity contribution in [2.24, 2.45) is 11.8 Å². The molecule has 0 saturated heterocycles. The molecule has 0 bridgehead atoms. The average Bonchev–Trinajstić information content (AvgIpc) is 3.29. The molecule has 1 amide bonds. The van der Waals surface area contributed by atoms with Crippen LogP contribution in [0.1, 0.15) is 44.9 Å². The second kappa shape index (κ2) is 7.21. The van der Waals surface area contributed by atoms with Crippen molar-refractivity contribution in [3.05, 3.63) is 11.9 Å². The maximum Gasteiger partial charge on any atom is 0.221 e. The number of nitrogens with two attached hydrogens (primary N) is 1. The number of hydrogen-bond donors (Lipinski definition) is 4. The van der Waals surface area contributed by atoms with Crippen LogP contribution in [0.5, 0.6) is 0 Å². The highest BCUT2D eigenvalue weighted by atomic mass is 16.1. The lowest BCUT2D eigenvalue weighted by Gasteiger charge is -2.10. The van der Waals surface area contributed by atoms with E-state index in [0.717, 1.165) is 18.7 Å². The number of amides is 1. The topological polar surface area (TPSA) is 105 Å². The average molecular weight is 292 g/mol. The molecule has 0 spiro atoms. The van der Waals surface area contributed by atoms with E-state index in [4.69, 9.17) is 5.84 Å². The monoisotopic (exact) mass is 292 g/mol. The summed E-state index contributed by atoms with van der Waals surface area (Å²) in [4.78, 5) is 20.4. The van der Waals surface area contributed by atoms with Crippen LogP contribution in [-0.2, 0) is 4.79 Å². The zero-order valence-corrected chi connectivity index (χ0v) is 12.6. The zero-order chi connectivity index (χ0) is 15.2. The molecule has 2 rings (SSSR count). The van der Waals surface area contributed by atoms with Crippen LogP contribution in [0.25, 0.3) is 0 Å². The molecule has 0 aliphatic heterocycles. The lowest BCUT2D eigenvalue weighted by Crippen LogP contribution is -2.28. The number of aromatic nitrogens is 2. The first-order valence-corrected chi connectivity index (χ1v) is 7.44. The van der Waals surface area contributed by atoms with Gasteiger partial charge in [-0.3, -0.25) is 4.79 Å². The van der Waals surface area contributed by atoms with Crippen LogP contribution in [0, 0.1) is 5.92 Å². The first-order valence-electron chi connectivity index (χ1n) is 7.44. The number of hydrogen-bond acceptors (Lipinski definition) is 6. The third-order valence-electron chi connectivity index (χ3n) is 3.20. The number of carbonyl (C=O) groups is 1. The maximum atomic E-state index is 11.6. The van der Waals surface area contributed by atoms with Gasteiger partial charge in [0.1, 0.15) is 17.5 Å². The first kappa shape index (κ1) is 15.5. The SMILES string of the molecule is CC(C)CNC(=O)CCNc1cc(NN)nc(C2CC2)n1. The molecule has 21 heavy (non-hydrogen) atoms. The molecule has 1 aromatic heterocycles. The summed E-state index contributed by atoms with van der Waals surface area (Å²) in [6.45, 7) is 5.38. The Hall–Kier alpha value is -1.89. The third kappa shape index (κ3) is 5.18. The van der Waals surface area contributed by atoms with E-state index < -0.39 is 0 Å². The lowest BCUT2D eigenvalue weighted by molar-refractivity contribution is -0.120. The molecule has 0 atom stereocenters. The summed E-state index contributed by atoms with van der Waals surface area (Å²) in [6, 6.07) is 1.75. The number of hydrazine groups is 1. The van der Waals surface area contributed by atoms with Crippen molar-refractivity contribution >= 4 is 17.5 Å². The van der Waals surface area contributed by atoms with Gasteiger partial charge in [0.05, 0.1) is 0 Å². The Morgan fingerprint density at radius 2 is 2.10 bits per heavy atom. The van der Waals surface area contributed by atoms with Crippen LogP contribution in [-0.4, -0.2) is 29.0 Å². The lowest BCUT2D eigenvalue weighted by atomic mass is 10.2. The second-order valence-corrected chi connectivity index (χ2v) is 5.79. The Kier molecular flexibility index (Phi) is 5.32. The van der Waals surface area contributed by atoms with Gasteiger partial charge in [-0.15, -0.1) is 0 Å². The summed E-state index contributed by atoms with van der Waals surface area (Å²) in [5.74, 6) is 8.50. The highest BCUT2D eigenvalue weighted by Crippen LogP contribution is 2.38. The van der Waals surface area contributed by atoms with Gasteiger partial charge in [-0.05, 0) is 18.8 Å². The third-order valence-corrected chi connectivity index (χ3v) is 3.20. The van der Waals surface area contributed by atoms with E-state index in [0.29, 0.717) is 43.0 Å². The van der Waals surface area contributed by atoms with E-state index in [-0.39, 0.29) is 5.91 Å². The molecule has 1 saturated carbocycles. The molecular weight excluding hydrogens is 268 g/mol. The molecule has 1 heterocycles. The summed E-state index contributed by atoms with van der Waals surface area (Å²) in [5, 5.41) is 6.04. The largest absolute Gasteiger partial charge is 0.369 e. The fourth-order valence-corrected chi connectivity index (χ4v) is 1.86. The molecule has 0 unspecified atom stereocenters. The quantitative estimate of drug-likeness (QED) is 0.424. The maximum absolute atomic E-state index is 11.6. The highest BCUT2D eigenvalue weighted by Gasteiger charge is 2.27. The van der Waals surface area contributed by atoms with Gasteiger partial charge in [0.15, 0.2) is 0 Å². The van der Waals surface area contributed by atoms with Crippen LogP contribution < -0.4 is 21.9 Å². The van der Waals surface area contributed by atoms with Crippen molar-refractivity contribution in [2.75, 3.05) is 23.8 Å². The van der Waals surface area contributed by atoms with Gasteiger partial charge in [0, 0.05) is 31.5 Å². The molecule has 1 fully saturated rings. The normalized spacial score (nSPS) is 14.1. The predicted molar refractivity (Wildman–Crippen MR) is 82.8 cm³/mol. The minimum absolute atomic E-state index is 0.0462. The number of nitrogen functional groups attached to an aromatic ring is 1. The van der Waals surface area contributed by atoms with E-state index in [9.17, 15) is 4.79 Å². The smallest absolute Gasteiger partial charge is 0.221 e. The van der Waals surface area contributed by atoms with Gasteiger partial charge in [-0.2, -0.15) is 0 Å². The van der Waals surface area contributed by atoms with Crippen molar-refractivity contribution in [3.63, 3.8) is 0 Å². The van der Waals surface area contributed by atoms with Crippen LogP contribution in [0.4, 0.5) is 11.6 Å². The number of anilines is 2. The van der Waals surface area contributed by atoms with Gasteiger partial charge in [0.2, 0.25) is 5.91 Å². The molecule has 7 heteroatoms. The van der Waals surface area contributed by atoms with Gasteiger partial charge in [-0.25, -0.2) is 15.8 Å². The fraction of sp³-hybridized carbons (Fsp3) is 0.643. The van der Waals surface area contributed by atoms with Crippen LogP contribution in [0.15, 0.2) is 6.07 Å². The number of nitrogens with one attached hydrogen (secondary N) is 3. The van der Waals surface area contributed by atoms with E-state index in [1.54, 1.807) is 6.07 Å². The van der Waals surface area contributed by atoms with Crippen molar-refractivity contribution in [3.8, 4) is 0 Å². The number of rotatable bonds is 8. The zero-order valence-electron chi connectivity index (χ0n) is 12.6. The van der Waals surface area contributed by atoms with Crippen molar-refractivity contribution in [1.82, 2.24) is 15.3 Å². The van der Waals surface area contributed by atoms with Gasteiger partial charge in [0.25, 0.3) is 0 Å². The fourth-order valence-electron chi connectivity index (χ4n) is 1.86. The predicted octanol–water partition coefficient (Wildman–Crippen LogP) is 1.21. The molecule has 0 aromatic carbocycles. The Morgan fingerprint density at radius 3 is 2.71 bits per heavy atom. The van der Waals surface area contributed by atoms with Crippen LogP contribution in [0.2, 0.25) is 0 Å². The highest BCUT2D eigenvalue weighted by molar-refractivity contribution is 5.76. The molecule has 116 valence electrons. The van der Waals surface area contributed by atoms with E-state index in [1.807, 2.05) is 0 Å². The summed E-state index contributed by atoms with van der Waals surface area (Å²) in [5.41, 5.74) is 2.55. The first-order chi connectivity index (χ1) is 10.1. The molecular formula is C14H24N6O. The summed E-state index contributed by atoms with van der Waals surface area (Å²) in [6.07, 6.45) is 2.68. The Bertz CT molecular complexity index is 486. The van der Waals surface area contributed by atoms with E-state index in [2.05, 4.69) is 39.9 Å². The van der Waals surface area contributed by atoms with Gasteiger partial charge >= 0.3 is 0 Å². The second-order valence-electron chi connectivity index (χ2n) is 5.79. The number of carbonyl (C=O) groups excluding carboxylic acids is 1. The molecule has 7 nitrogen and oxygen atoms in total. The summed E-state index contributed by atoms with van der Waals surface area (Å²) >= 11 is 0. The van der Waals surface area contributed by atoms with Crippen molar-refractivity contribution in [2.45, 2.75) is 39.0 Å². The molecule has 1 aliphatic carbocycles. The van der Waals surface area contributed by atoms with Gasteiger partial charge < -0.3 is 16.1 Å². The standard InChI is InChI=1S/C14H24N6O/c1-9(2)8-17-13(21)5-6-16-11-7-12(20-15)19-14(18-11)10-3-4-10/h7,9-10H,3-6,8,15H2,1-2H3,(H,17,21)(H2,16,18,19,20). The Labute approximate surface area is 125 Å². The minimum atomic E-state index is 0.0462. The van der Waals surface area contributed by atoms with E-state index >= 15 is 0 Å². The summed E-state index contributed by atoms with van der Waals surface area (Å²) < 4.78 is 0. The van der Waals surface area contributed by atoms with Crippen molar-refractivity contribution < 1.29 is 4.79 Å². The van der Waals surface area contributed by atoms with Gasteiger partial charge in [-0.1, -0.05) is 13.8 Å². The molecule has 1 aliphatic rings. The van der Waals surface area contributed by atoms with Crippen LogP contribution >= 0.6 is 0 Å². The van der Waals surface area contributed by atoms with Crippen LogP contribution in [0.3, 0.4) is 0 Å². The molecule has 5 N–H and O–H groups in total. The number of nitrogens with zero attached hydrogens (tertiary/aromatic N) is 2. The minimum Gasteiger partial charge on any atom is -0.369 e. The Morgan fingerprint density at radius 1 is 1.38 bits per heavy atom. The molecule has 0 radical (unpaired) electrons. The van der Waals surface area contributed by atoms with E-state index in [1.165, 1.54) is 0 Å². The summed E-state index contributed by atoms with van der Waals surface area (Å²) in [7, 11) is 0. The Balaban J connectivity index is 1.82. The molecule has 1 aromatic rings.